The van der Waals surface area contributed by atoms with E-state index < -0.39 is 0 Å². The minimum Gasteiger partial charge on any atom is -0.295 e. The molecule has 116 valence electrons. The van der Waals surface area contributed by atoms with E-state index >= 15 is 0 Å². The minimum atomic E-state index is 0.806. The van der Waals surface area contributed by atoms with Crippen molar-refractivity contribution in [1.82, 2.24) is 19.9 Å². The van der Waals surface area contributed by atoms with Crippen molar-refractivity contribution in [1.29, 1.82) is 0 Å². The van der Waals surface area contributed by atoms with Crippen LogP contribution in [0.15, 0.2) is 67.1 Å². The fraction of sp³-hybridized carbons (Fsp3) is 0.211. The molecule has 0 amide bonds. The molecule has 0 aliphatic carbocycles. The molecule has 3 aromatic rings. The lowest BCUT2D eigenvalue weighted by molar-refractivity contribution is 0.311. The summed E-state index contributed by atoms with van der Waals surface area (Å²) in [5.41, 5.74) is 4.38. The van der Waals surface area contributed by atoms with E-state index in [0.29, 0.717) is 0 Å². The molecule has 0 atom stereocenters. The van der Waals surface area contributed by atoms with E-state index in [1.54, 1.807) is 0 Å². The number of hydrogen-bond donors (Lipinski definition) is 0. The van der Waals surface area contributed by atoms with Crippen LogP contribution in [0, 0.1) is 0 Å². The molecular formula is C19H20N4. The van der Waals surface area contributed by atoms with E-state index in [-0.39, 0.29) is 0 Å². The summed E-state index contributed by atoms with van der Waals surface area (Å²) in [5, 5.41) is 0. The monoisotopic (exact) mass is 304 g/mol. The third-order valence-corrected chi connectivity index (χ3v) is 3.59. The van der Waals surface area contributed by atoms with Crippen LogP contribution in [0.4, 0.5) is 0 Å². The lowest BCUT2D eigenvalue weighted by Gasteiger charge is -2.15. The molecule has 4 heteroatoms. The Morgan fingerprint density at radius 3 is 1.96 bits per heavy atom. The lowest BCUT2D eigenvalue weighted by atomic mass is 10.1. The fourth-order valence-electron chi connectivity index (χ4n) is 2.47. The second-order valence-corrected chi connectivity index (χ2v) is 5.65. The molecule has 0 aromatic carbocycles. The molecule has 0 aliphatic rings. The summed E-state index contributed by atoms with van der Waals surface area (Å²) in [6.07, 6.45) is 6.41. The number of hydrogen-bond acceptors (Lipinski definition) is 4. The zero-order chi connectivity index (χ0) is 15.9. The maximum Gasteiger partial charge on any atom is 0.0544 e. The van der Waals surface area contributed by atoms with Crippen LogP contribution in [0.2, 0.25) is 0 Å². The highest BCUT2D eigenvalue weighted by atomic mass is 15.1. The van der Waals surface area contributed by atoms with Gasteiger partial charge in [0.15, 0.2) is 0 Å². The van der Waals surface area contributed by atoms with Gasteiger partial charge in [0.1, 0.15) is 0 Å². The highest BCUT2D eigenvalue weighted by Gasteiger charge is 2.04. The van der Waals surface area contributed by atoms with E-state index in [0.717, 1.165) is 36.6 Å². The Morgan fingerprint density at radius 1 is 0.739 bits per heavy atom. The van der Waals surface area contributed by atoms with Gasteiger partial charge >= 0.3 is 0 Å². The van der Waals surface area contributed by atoms with Gasteiger partial charge in [-0.2, -0.15) is 0 Å². The third-order valence-electron chi connectivity index (χ3n) is 3.59. The summed E-state index contributed by atoms with van der Waals surface area (Å²) in [6.45, 7) is 1.62. The average molecular weight is 304 g/mol. The Bertz CT molecular complexity index is 711. The molecule has 0 unspecified atom stereocenters. The van der Waals surface area contributed by atoms with E-state index in [2.05, 4.69) is 39.0 Å². The summed E-state index contributed by atoms with van der Waals surface area (Å²) >= 11 is 0. The Kier molecular flexibility index (Phi) is 5.06. The number of nitrogens with zero attached hydrogens (tertiary/aromatic N) is 4. The zero-order valence-corrected chi connectivity index (χ0v) is 13.3. The molecule has 0 saturated heterocycles. The fourth-order valence-corrected chi connectivity index (χ4v) is 2.47. The molecule has 23 heavy (non-hydrogen) atoms. The van der Waals surface area contributed by atoms with Crippen molar-refractivity contribution in [2.45, 2.75) is 19.5 Å². The summed E-state index contributed by atoms with van der Waals surface area (Å²) < 4.78 is 0. The number of aromatic nitrogens is 3. The lowest BCUT2D eigenvalue weighted by Crippen LogP contribution is -2.18. The van der Waals surface area contributed by atoms with Crippen LogP contribution in [0.5, 0.6) is 0 Å². The summed E-state index contributed by atoms with van der Waals surface area (Å²) in [4.78, 5) is 15.5. The Hall–Kier alpha value is -2.59. The molecule has 3 rings (SSSR count). The van der Waals surface area contributed by atoms with Crippen molar-refractivity contribution in [3.8, 4) is 0 Å². The standard InChI is InChI=1S/C19H20N4/c1-23(14-18-7-3-5-11-21-18)15-19-9-8-16(13-22-19)12-17-6-2-4-10-20-17/h2-11,13H,12,14-15H2,1H3. The zero-order valence-electron chi connectivity index (χ0n) is 13.3. The maximum absolute atomic E-state index is 4.57. The minimum absolute atomic E-state index is 0.806. The molecule has 0 aliphatic heterocycles. The quantitative estimate of drug-likeness (QED) is 0.702. The van der Waals surface area contributed by atoms with Gasteiger partial charge in [0.2, 0.25) is 0 Å². The van der Waals surface area contributed by atoms with E-state index in [1.807, 2.05) is 55.0 Å². The summed E-state index contributed by atoms with van der Waals surface area (Å²) in [6, 6.07) is 16.2. The molecule has 3 aromatic heterocycles. The van der Waals surface area contributed by atoms with Crippen LogP contribution in [0.25, 0.3) is 0 Å². The van der Waals surface area contributed by atoms with Gasteiger partial charge < -0.3 is 0 Å². The van der Waals surface area contributed by atoms with Gasteiger partial charge in [0, 0.05) is 43.8 Å². The molecule has 0 N–H and O–H groups in total. The van der Waals surface area contributed by atoms with Crippen molar-refractivity contribution in [3.63, 3.8) is 0 Å². The van der Waals surface area contributed by atoms with Crippen molar-refractivity contribution < 1.29 is 0 Å². The second kappa shape index (κ2) is 7.61. The predicted molar refractivity (Wildman–Crippen MR) is 90.7 cm³/mol. The molecular weight excluding hydrogens is 284 g/mol. The highest BCUT2D eigenvalue weighted by molar-refractivity contribution is 5.20. The van der Waals surface area contributed by atoms with Crippen molar-refractivity contribution in [3.05, 3.63) is 89.8 Å². The van der Waals surface area contributed by atoms with Crippen LogP contribution in [-0.2, 0) is 19.5 Å². The smallest absolute Gasteiger partial charge is 0.0544 e. The van der Waals surface area contributed by atoms with E-state index in [9.17, 15) is 0 Å². The van der Waals surface area contributed by atoms with Gasteiger partial charge in [-0.3, -0.25) is 19.9 Å². The molecule has 3 heterocycles. The van der Waals surface area contributed by atoms with Gasteiger partial charge in [-0.05, 0) is 42.9 Å². The van der Waals surface area contributed by atoms with E-state index in [1.165, 1.54) is 5.56 Å². The van der Waals surface area contributed by atoms with Crippen LogP contribution < -0.4 is 0 Å². The Labute approximate surface area is 136 Å². The molecule has 0 saturated carbocycles. The largest absolute Gasteiger partial charge is 0.295 e. The van der Waals surface area contributed by atoms with Crippen LogP contribution >= 0.6 is 0 Å². The normalized spacial score (nSPS) is 10.9. The van der Waals surface area contributed by atoms with Crippen LogP contribution in [0.3, 0.4) is 0 Å². The average Bonchev–Trinajstić information content (AvgIpc) is 2.58. The SMILES string of the molecule is CN(Cc1ccccn1)Cc1ccc(Cc2ccccn2)cn1. The molecule has 0 fully saturated rings. The van der Waals surface area contributed by atoms with Crippen molar-refractivity contribution in [2.75, 3.05) is 7.05 Å². The summed E-state index contributed by atoms with van der Waals surface area (Å²) in [7, 11) is 2.08. The van der Waals surface area contributed by atoms with Crippen LogP contribution in [0.1, 0.15) is 22.6 Å². The van der Waals surface area contributed by atoms with Gasteiger partial charge in [-0.1, -0.05) is 18.2 Å². The van der Waals surface area contributed by atoms with Gasteiger partial charge in [-0.15, -0.1) is 0 Å². The van der Waals surface area contributed by atoms with Crippen molar-refractivity contribution in [2.24, 2.45) is 0 Å². The maximum atomic E-state index is 4.57. The topological polar surface area (TPSA) is 41.9 Å². The molecule has 4 nitrogen and oxygen atoms in total. The van der Waals surface area contributed by atoms with Gasteiger partial charge in [0.25, 0.3) is 0 Å². The third kappa shape index (κ3) is 4.69. The predicted octanol–water partition coefficient (Wildman–Crippen LogP) is 3.09. The molecule has 0 spiro atoms. The Morgan fingerprint density at radius 2 is 1.39 bits per heavy atom. The summed E-state index contributed by atoms with van der Waals surface area (Å²) in [5.74, 6) is 0. The first kappa shape index (κ1) is 15.3. The van der Waals surface area contributed by atoms with E-state index in [4.69, 9.17) is 0 Å². The van der Waals surface area contributed by atoms with Gasteiger partial charge in [-0.25, -0.2) is 0 Å². The first-order valence-electron chi connectivity index (χ1n) is 7.72. The highest BCUT2D eigenvalue weighted by Crippen LogP contribution is 2.09. The second-order valence-electron chi connectivity index (χ2n) is 5.65. The molecule has 0 bridgehead atoms. The number of pyridine rings is 3. The van der Waals surface area contributed by atoms with Gasteiger partial charge in [0.05, 0.1) is 11.4 Å². The number of rotatable bonds is 6. The first-order chi connectivity index (χ1) is 11.3. The molecule has 0 radical (unpaired) electrons. The first-order valence-corrected chi connectivity index (χ1v) is 7.72. The Balaban J connectivity index is 1.57. The van der Waals surface area contributed by atoms with Crippen molar-refractivity contribution >= 4 is 0 Å². The van der Waals surface area contributed by atoms with Crippen LogP contribution in [-0.4, -0.2) is 26.9 Å².